The summed E-state index contributed by atoms with van der Waals surface area (Å²) in [5.74, 6) is 0.456. The summed E-state index contributed by atoms with van der Waals surface area (Å²) in [5.41, 5.74) is 2.04. The van der Waals surface area contributed by atoms with Gasteiger partial charge in [0.1, 0.15) is 11.8 Å². The van der Waals surface area contributed by atoms with Crippen LogP contribution in [-0.4, -0.2) is 32.0 Å². The number of hydrogen-bond donors (Lipinski definition) is 1. The number of hydrogen-bond acceptors (Lipinski definition) is 4. The van der Waals surface area contributed by atoms with Crippen LogP contribution in [0.25, 0.3) is 0 Å². The standard InChI is InChI=1S/C21H23N3O3/c1-16(25)24(20-6-4-3-5-18(20)15-22)14-12-21(26)23-13-11-17-7-9-19(27-2)10-8-17/h3-10H,11-14H2,1-2H3,(H,23,26). The van der Waals surface area contributed by atoms with E-state index in [4.69, 9.17) is 4.74 Å². The van der Waals surface area contributed by atoms with E-state index < -0.39 is 0 Å². The molecule has 2 aromatic rings. The molecule has 0 unspecified atom stereocenters. The van der Waals surface area contributed by atoms with E-state index in [9.17, 15) is 14.9 Å². The van der Waals surface area contributed by atoms with Crippen molar-refractivity contribution >= 4 is 17.5 Å². The van der Waals surface area contributed by atoms with Gasteiger partial charge < -0.3 is 15.0 Å². The van der Waals surface area contributed by atoms with Crippen LogP contribution in [0.2, 0.25) is 0 Å². The Bertz CT molecular complexity index is 825. The number of carbonyl (C=O) groups excluding carboxylic acids is 2. The number of anilines is 1. The lowest BCUT2D eigenvalue weighted by Gasteiger charge is -2.22. The Balaban J connectivity index is 1.85. The Morgan fingerprint density at radius 3 is 2.48 bits per heavy atom. The molecule has 0 saturated heterocycles. The topological polar surface area (TPSA) is 82.4 Å². The summed E-state index contributed by atoms with van der Waals surface area (Å²) < 4.78 is 5.12. The van der Waals surface area contributed by atoms with Crippen LogP contribution in [0.1, 0.15) is 24.5 Å². The molecule has 0 aromatic heterocycles. The van der Waals surface area contributed by atoms with E-state index in [-0.39, 0.29) is 24.8 Å². The van der Waals surface area contributed by atoms with Gasteiger partial charge in [-0.25, -0.2) is 0 Å². The van der Waals surface area contributed by atoms with Gasteiger partial charge in [0.05, 0.1) is 18.4 Å². The number of amides is 2. The Labute approximate surface area is 159 Å². The number of nitrogens with zero attached hydrogens (tertiary/aromatic N) is 2. The lowest BCUT2D eigenvalue weighted by molar-refractivity contribution is -0.121. The van der Waals surface area contributed by atoms with Crippen LogP contribution in [0.3, 0.4) is 0 Å². The number of benzene rings is 2. The van der Waals surface area contributed by atoms with Crippen LogP contribution in [0.5, 0.6) is 5.75 Å². The summed E-state index contributed by atoms with van der Waals surface area (Å²) in [7, 11) is 1.62. The first-order valence-corrected chi connectivity index (χ1v) is 8.72. The first-order chi connectivity index (χ1) is 13.0. The molecular weight excluding hydrogens is 342 g/mol. The maximum Gasteiger partial charge on any atom is 0.223 e. The molecule has 0 radical (unpaired) electrons. The third kappa shape index (κ3) is 5.86. The quantitative estimate of drug-likeness (QED) is 0.780. The van der Waals surface area contributed by atoms with Gasteiger partial charge in [-0.3, -0.25) is 9.59 Å². The molecule has 0 atom stereocenters. The van der Waals surface area contributed by atoms with Crippen molar-refractivity contribution in [2.24, 2.45) is 0 Å². The molecule has 2 rings (SSSR count). The molecule has 0 heterocycles. The molecule has 1 N–H and O–H groups in total. The van der Waals surface area contributed by atoms with Crippen LogP contribution >= 0.6 is 0 Å². The van der Waals surface area contributed by atoms with Crippen molar-refractivity contribution in [2.45, 2.75) is 19.8 Å². The summed E-state index contributed by atoms with van der Waals surface area (Å²) in [4.78, 5) is 25.5. The zero-order valence-corrected chi connectivity index (χ0v) is 15.6. The van der Waals surface area contributed by atoms with Crippen LogP contribution in [0.4, 0.5) is 5.69 Å². The number of nitrogens with one attached hydrogen (secondary N) is 1. The van der Waals surface area contributed by atoms with E-state index in [2.05, 4.69) is 11.4 Å². The molecule has 2 amide bonds. The highest BCUT2D eigenvalue weighted by Crippen LogP contribution is 2.20. The van der Waals surface area contributed by atoms with E-state index in [1.165, 1.54) is 11.8 Å². The Morgan fingerprint density at radius 2 is 1.85 bits per heavy atom. The SMILES string of the molecule is COc1ccc(CCNC(=O)CCN(C(C)=O)c2ccccc2C#N)cc1. The zero-order chi connectivity index (χ0) is 19.6. The van der Waals surface area contributed by atoms with E-state index in [0.717, 1.165) is 11.3 Å². The average molecular weight is 365 g/mol. The van der Waals surface area contributed by atoms with Crippen molar-refractivity contribution in [3.8, 4) is 11.8 Å². The highest BCUT2D eigenvalue weighted by atomic mass is 16.5. The lowest BCUT2D eigenvalue weighted by Crippen LogP contribution is -2.34. The van der Waals surface area contributed by atoms with Gasteiger partial charge >= 0.3 is 0 Å². The number of para-hydroxylation sites is 1. The molecule has 0 fully saturated rings. The molecule has 0 saturated carbocycles. The van der Waals surface area contributed by atoms with E-state index in [0.29, 0.717) is 24.2 Å². The van der Waals surface area contributed by atoms with Crippen molar-refractivity contribution in [3.05, 3.63) is 59.7 Å². The van der Waals surface area contributed by atoms with Crippen LogP contribution in [-0.2, 0) is 16.0 Å². The van der Waals surface area contributed by atoms with Gasteiger partial charge in [0, 0.05) is 26.4 Å². The molecule has 140 valence electrons. The first-order valence-electron chi connectivity index (χ1n) is 8.72. The normalized spacial score (nSPS) is 9.96. The number of rotatable bonds is 8. The second kappa shape index (κ2) is 9.97. The van der Waals surface area contributed by atoms with Gasteiger partial charge in [-0.1, -0.05) is 24.3 Å². The van der Waals surface area contributed by atoms with Crippen LogP contribution < -0.4 is 15.0 Å². The fourth-order valence-electron chi connectivity index (χ4n) is 2.69. The van der Waals surface area contributed by atoms with E-state index in [1.54, 1.807) is 31.4 Å². The van der Waals surface area contributed by atoms with Gasteiger partial charge in [-0.2, -0.15) is 5.26 Å². The Morgan fingerprint density at radius 1 is 1.15 bits per heavy atom. The van der Waals surface area contributed by atoms with Crippen molar-refractivity contribution in [1.82, 2.24) is 5.32 Å². The minimum Gasteiger partial charge on any atom is -0.497 e. The lowest BCUT2D eigenvalue weighted by atomic mass is 10.1. The molecule has 0 spiro atoms. The van der Waals surface area contributed by atoms with Gasteiger partial charge in [-0.15, -0.1) is 0 Å². The number of nitriles is 1. The number of ether oxygens (including phenoxy) is 1. The fraction of sp³-hybridized carbons (Fsp3) is 0.286. The maximum atomic E-state index is 12.1. The average Bonchev–Trinajstić information content (AvgIpc) is 2.68. The highest BCUT2D eigenvalue weighted by Gasteiger charge is 2.16. The van der Waals surface area contributed by atoms with Gasteiger partial charge in [0.25, 0.3) is 0 Å². The molecule has 2 aromatic carbocycles. The summed E-state index contributed by atoms with van der Waals surface area (Å²) >= 11 is 0. The summed E-state index contributed by atoms with van der Waals surface area (Å²) in [6.07, 6.45) is 0.880. The maximum absolute atomic E-state index is 12.1. The second-order valence-corrected chi connectivity index (χ2v) is 6.00. The molecule has 0 bridgehead atoms. The van der Waals surface area contributed by atoms with Gasteiger partial charge in [-0.05, 0) is 36.2 Å². The van der Waals surface area contributed by atoms with E-state index in [1.807, 2.05) is 24.3 Å². The van der Waals surface area contributed by atoms with Gasteiger partial charge in [0.15, 0.2) is 0 Å². The molecule has 0 aliphatic heterocycles. The predicted molar refractivity (Wildman–Crippen MR) is 104 cm³/mol. The second-order valence-electron chi connectivity index (χ2n) is 6.00. The smallest absolute Gasteiger partial charge is 0.223 e. The molecule has 0 aliphatic carbocycles. The van der Waals surface area contributed by atoms with Crippen molar-refractivity contribution in [3.63, 3.8) is 0 Å². The Kier molecular flexibility index (Phi) is 7.38. The zero-order valence-electron chi connectivity index (χ0n) is 15.6. The van der Waals surface area contributed by atoms with Crippen LogP contribution in [0, 0.1) is 11.3 Å². The van der Waals surface area contributed by atoms with E-state index >= 15 is 0 Å². The number of methoxy groups -OCH3 is 1. The Hall–Kier alpha value is -3.33. The monoisotopic (exact) mass is 365 g/mol. The molecule has 6 nitrogen and oxygen atoms in total. The largest absolute Gasteiger partial charge is 0.497 e. The summed E-state index contributed by atoms with van der Waals surface area (Å²) in [6, 6.07) is 16.6. The summed E-state index contributed by atoms with van der Waals surface area (Å²) in [6.45, 7) is 2.16. The van der Waals surface area contributed by atoms with Crippen molar-refractivity contribution in [1.29, 1.82) is 5.26 Å². The minimum atomic E-state index is -0.205. The molecular formula is C21H23N3O3. The first kappa shape index (κ1) is 20.0. The molecule has 0 aliphatic rings. The predicted octanol–water partition coefficient (Wildman–Crippen LogP) is 2.67. The van der Waals surface area contributed by atoms with Crippen molar-refractivity contribution in [2.75, 3.05) is 25.1 Å². The minimum absolute atomic E-state index is 0.135. The third-order valence-corrected chi connectivity index (χ3v) is 4.15. The summed E-state index contributed by atoms with van der Waals surface area (Å²) in [5, 5.41) is 12.1. The number of carbonyl (C=O) groups is 2. The van der Waals surface area contributed by atoms with Crippen LogP contribution in [0.15, 0.2) is 48.5 Å². The van der Waals surface area contributed by atoms with Gasteiger partial charge in [0.2, 0.25) is 11.8 Å². The molecule has 6 heteroatoms. The fourth-order valence-corrected chi connectivity index (χ4v) is 2.69. The highest BCUT2D eigenvalue weighted by molar-refractivity contribution is 5.93. The van der Waals surface area contributed by atoms with Crippen molar-refractivity contribution < 1.29 is 14.3 Å². The molecule has 27 heavy (non-hydrogen) atoms. The third-order valence-electron chi connectivity index (χ3n) is 4.15.